The van der Waals surface area contributed by atoms with Crippen molar-refractivity contribution in [1.82, 2.24) is 0 Å². The fraction of sp³-hybridized carbons (Fsp3) is 1.00. The van der Waals surface area contributed by atoms with E-state index < -0.39 is 0 Å². The van der Waals surface area contributed by atoms with Crippen molar-refractivity contribution in [3.63, 3.8) is 0 Å². The van der Waals surface area contributed by atoms with Crippen molar-refractivity contribution in [2.24, 2.45) is 0 Å². The second-order valence-electron chi connectivity index (χ2n) is 17.2. The Morgan fingerprint density at radius 2 is 0.320 bits per heavy atom. The van der Waals surface area contributed by atoms with Crippen LogP contribution in [-0.4, -0.2) is 4.87 Å². The molecule has 0 aliphatic heterocycles. The first kappa shape index (κ1) is 50.3. The SMILES string of the molecule is CCCCCCCCCCCCCCCCC(Cl)(CCCCCCCCCCCCCCCC)CCCCCCCCCCCCCCCC. The summed E-state index contributed by atoms with van der Waals surface area (Å²) < 4.78 is 0. The van der Waals surface area contributed by atoms with Gasteiger partial charge >= 0.3 is 0 Å². The van der Waals surface area contributed by atoms with Gasteiger partial charge in [0.05, 0.1) is 0 Å². The maximum Gasteiger partial charge on any atom is 0.0446 e. The summed E-state index contributed by atoms with van der Waals surface area (Å²) in [6.07, 6.45) is 64.3. The number of alkyl halides is 1. The van der Waals surface area contributed by atoms with Crippen molar-refractivity contribution < 1.29 is 0 Å². The van der Waals surface area contributed by atoms with Crippen molar-refractivity contribution in [3.05, 3.63) is 0 Å². The molecule has 302 valence electrons. The lowest BCUT2D eigenvalue weighted by atomic mass is 9.88. The van der Waals surface area contributed by atoms with Crippen LogP contribution in [0.2, 0.25) is 0 Å². The largest absolute Gasteiger partial charge is 0.119 e. The summed E-state index contributed by atoms with van der Waals surface area (Å²) in [6, 6.07) is 0. The average molecular weight is 724 g/mol. The summed E-state index contributed by atoms with van der Waals surface area (Å²) in [5.41, 5.74) is 0. The van der Waals surface area contributed by atoms with Gasteiger partial charge in [-0.3, -0.25) is 0 Å². The van der Waals surface area contributed by atoms with E-state index in [9.17, 15) is 0 Å². The van der Waals surface area contributed by atoms with E-state index >= 15 is 0 Å². The molecule has 0 aliphatic rings. The van der Waals surface area contributed by atoms with Gasteiger partial charge in [0.15, 0.2) is 0 Å². The monoisotopic (exact) mass is 723 g/mol. The number of hydrogen-bond acceptors (Lipinski definition) is 0. The molecule has 0 heterocycles. The van der Waals surface area contributed by atoms with Crippen LogP contribution in [0.25, 0.3) is 0 Å². The van der Waals surface area contributed by atoms with Crippen LogP contribution in [0, 0.1) is 0 Å². The first-order chi connectivity index (χ1) is 24.7. The zero-order chi connectivity index (χ0) is 36.3. The summed E-state index contributed by atoms with van der Waals surface area (Å²) >= 11 is 7.49. The quantitative estimate of drug-likeness (QED) is 0.0433. The van der Waals surface area contributed by atoms with Crippen LogP contribution in [0.1, 0.15) is 310 Å². The lowest BCUT2D eigenvalue weighted by Gasteiger charge is -2.27. The minimum absolute atomic E-state index is 0.0887. The molecule has 0 bridgehead atoms. The third kappa shape index (κ3) is 41.1. The van der Waals surface area contributed by atoms with E-state index in [-0.39, 0.29) is 4.87 Å². The van der Waals surface area contributed by atoms with Crippen molar-refractivity contribution in [3.8, 4) is 0 Å². The number of hydrogen-bond donors (Lipinski definition) is 0. The minimum Gasteiger partial charge on any atom is -0.119 e. The van der Waals surface area contributed by atoms with Crippen LogP contribution in [0.5, 0.6) is 0 Å². The molecule has 0 saturated heterocycles. The Kier molecular flexibility index (Phi) is 43.9. The van der Waals surface area contributed by atoms with E-state index in [0.717, 1.165) is 0 Å². The standard InChI is InChI=1S/C49H99Cl/c1-4-7-10-13-16-19-22-25-28-31-34-37-40-43-46-49(50,47-44-41-38-35-32-29-26-23-20-17-14-11-8-5-2)48-45-42-39-36-33-30-27-24-21-18-15-12-9-6-3/h4-48H2,1-3H3. The lowest BCUT2D eigenvalue weighted by Crippen LogP contribution is -2.21. The number of halogens is 1. The Balaban J connectivity index is 4.07. The van der Waals surface area contributed by atoms with E-state index in [1.54, 1.807) is 0 Å². The number of rotatable bonds is 45. The molecule has 0 N–H and O–H groups in total. The smallest absolute Gasteiger partial charge is 0.0446 e. The average Bonchev–Trinajstić information content (AvgIpc) is 3.12. The van der Waals surface area contributed by atoms with Crippen LogP contribution in [0.15, 0.2) is 0 Å². The Morgan fingerprint density at radius 1 is 0.200 bits per heavy atom. The summed E-state index contributed by atoms with van der Waals surface area (Å²) in [5.74, 6) is 0. The third-order valence-corrected chi connectivity index (χ3v) is 12.5. The maximum atomic E-state index is 7.49. The van der Waals surface area contributed by atoms with Crippen molar-refractivity contribution in [2.45, 2.75) is 315 Å². The van der Waals surface area contributed by atoms with Crippen molar-refractivity contribution in [2.75, 3.05) is 0 Å². The summed E-state index contributed by atoms with van der Waals surface area (Å²) in [7, 11) is 0. The lowest BCUT2D eigenvalue weighted by molar-refractivity contribution is 0.394. The highest BCUT2D eigenvalue weighted by atomic mass is 35.5. The Bertz CT molecular complexity index is 505. The zero-order valence-corrected chi connectivity index (χ0v) is 36.5. The van der Waals surface area contributed by atoms with Crippen LogP contribution >= 0.6 is 11.6 Å². The molecule has 50 heavy (non-hydrogen) atoms. The van der Waals surface area contributed by atoms with Crippen LogP contribution in [-0.2, 0) is 0 Å². The molecular formula is C49H99Cl. The van der Waals surface area contributed by atoms with E-state index in [2.05, 4.69) is 20.8 Å². The third-order valence-electron chi connectivity index (χ3n) is 11.9. The van der Waals surface area contributed by atoms with Crippen LogP contribution in [0.3, 0.4) is 0 Å². The van der Waals surface area contributed by atoms with Crippen molar-refractivity contribution in [1.29, 1.82) is 0 Å². The van der Waals surface area contributed by atoms with Crippen molar-refractivity contribution >= 4 is 11.6 Å². The molecule has 0 amide bonds. The van der Waals surface area contributed by atoms with Gasteiger partial charge < -0.3 is 0 Å². The molecule has 0 aromatic rings. The molecule has 0 radical (unpaired) electrons. The highest BCUT2D eigenvalue weighted by Gasteiger charge is 2.25. The molecule has 0 aromatic heterocycles. The maximum absolute atomic E-state index is 7.49. The summed E-state index contributed by atoms with van der Waals surface area (Å²) in [5, 5.41) is 0. The molecule has 0 spiro atoms. The van der Waals surface area contributed by atoms with Gasteiger partial charge in [-0.15, -0.1) is 11.6 Å². The normalized spacial score (nSPS) is 12.0. The van der Waals surface area contributed by atoms with E-state index in [4.69, 9.17) is 11.6 Å². The molecule has 0 atom stereocenters. The fourth-order valence-corrected chi connectivity index (χ4v) is 8.68. The van der Waals surface area contributed by atoms with Crippen LogP contribution < -0.4 is 0 Å². The van der Waals surface area contributed by atoms with Gasteiger partial charge in [0.25, 0.3) is 0 Å². The first-order valence-corrected chi connectivity index (χ1v) is 24.7. The number of unbranched alkanes of at least 4 members (excludes halogenated alkanes) is 39. The highest BCUT2D eigenvalue weighted by molar-refractivity contribution is 6.23. The van der Waals surface area contributed by atoms with Gasteiger partial charge in [-0.25, -0.2) is 0 Å². The highest BCUT2D eigenvalue weighted by Crippen LogP contribution is 2.35. The second-order valence-corrected chi connectivity index (χ2v) is 18.0. The molecule has 0 unspecified atom stereocenters. The second kappa shape index (κ2) is 43.7. The van der Waals surface area contributed by atoms with E-state index in [1.165, 1.54) is 289 Å². The van der Waals surface area contributed by atoms with Gasteiger partial charge in [0, 0.05) is 4.87 Å². The molecule has 0 aliphatic carbocycles. The van der Waals surface area contributed by atoms with Crippen LogP contribution in [0.4, 0.5) is 0 Å². The minimum atomic E-state index is 0.0887. The van der Waals surface area contributed by atoms with Gasteiger partial charge in [-0.05, 0) is 19.3 Å². The topological polar surface area (TPSA) is 0 Å². The molecule has 0 aromatic carbocycles. The molecule has 1 heteroatoms. The Hall–Kier alpha value is 0.290. The predicted octanol–water partition coefficient (Wildman–Crippen LogP) is 19.6. The summed E-state index contributed by atoms with van der Waals surface area (Å²) in [4.78, 5) is 0.0887. The predicted molar refractivity (Wildman–Crippen MR) is 233 cm³/mol. The van der Waals surface area contributed by atoms with Gasteiger partial charge in [0.2, 0.25) is 0 Å². The molecule has 0 rings (SSSR count). The molecular weight excluding hydrogens is 624 g/mol. The fourth-order valence-electron chi connectivity index (χ4n) is 8.28. The molecule has 0 saturated carbocycles. The van der Waals surface area contributed by atoms with E-state index in [1.807, 2.05) is 0 Å². The van der Waals surface area contributed by atoms with Gasteiger partial charge in [0.1, 0.15) is 0 Å². The first-order valence-electron chi connectivity index (χ1n) is 24.4. The molecule has 0 nitrogen and oxygen atoms in total. The van der Waals surface area contributed by atoms with E-state index in [0.29, 0.717) is 0 Å². The summed E-state index contributed by atoms with van der Waals surface area (Å²) in [6.45, 7) is 6.94. The zero-order valence-electron chi connectivity index (χ0n) is 35.7. The molecule has 0 fully saturated rings. The Morgan fingerprint density at radius 3 is 0.460 bits per heavy atom. The van der Waals surface area contributed by atoms with Gasteiger partial charge in [-0.2, -0.15) is 0 Å². The van der Waals surface area contributed by atoms with Gasteiger partial charge in [-0.1, -0.05) is 290 Å². The Labute approximate surface area is 325 Å².